The Morgan fingerprint density at radius 3 is 1.79 bits per heavy atom. The average molecular weight is 1220 g/mol. The Morgan fingerprint density at radius 1 is 0.545 bits per heavy atom. The molecule has 3 heterocycles. The molecule has 0 N–H and O–H groups in total. The number of benzene rings is 9. The van der Waals surface area contributed by atoms with E-state index in [1.165, 1.54) is 76.2 Å². The molecule has 0 bridgehead atoms. The Hall–Kier alpha value is -6.74. The van der Waals surface area contributed by atoms with E-state index in [9.17, 15) is 0 Å². The summed E-state index contributed by atoms with van der Waals surface area (Å²) >= 11 is 0. The molecule has 1 radical (unpaired) electrons. The Balaban J connectivity index is 0.000000339. The summed E-state index contributed by atoms with van der Waals surface area (Å²) in [7, 11) is -3.20. The number of furan rings is 1. The van der Waals surface area contributed by atoms with Gasteiger partial charge in [0.25, 0.3) is 0 Å². The number of hydrogen-bond donors (Lipinski definition) is 0. The molecule has 4 nitrogen and oxygen atoms in total. The third-order valence-electron chi connectivity index (χ3n) is 15.3. The number of hydrogen-bond acceptors (Lipinski definition) is 3. The summed E-state index contributed by atoms with van der Waals surface area (Å²) < 4.78 is 9.47. The number of pyridine rings is 1. The second kappa shape index (κ2) is 20.6. The van der Waals surface area contributed by atoms with Crippen LogP contribution in [0.4, 0.5) is 0 Å². The fraction of sp³-hybridized carbons (Fsp3) is 0.229. The fourth-order valence-corrected chi connectivity index (χ4v) is 13.4. The van der Waals surface area contributed by atoms with Gasteiger partial charge in [-0.15, -0.1) is 54.1 Å². The van der Waals surface area contributed by atoms with Gasteiger partial charge in [-0.3, -0.25) is 4.98 Å². The van der Waals surface area contributed by atoms with E-state index in [4.69, 9.17) is 9.40 Å². The monoisotopic (exact) mass is 1220 g/mol. The second-order valence-electron chi connectivity index (χ2n) is 24.5. The van der Waals surface area contributed by atoms with Gasteiger partial charge in [-0.25, -0.2) is 0 Å². The van der Waals surface area contributed by atoms with Crippen LogP contribution in [0.25, 0.3) is 105 Å². The summed E-state index contributed by atoms with van der Waals surface area (Å²) in [6.07, 6.45) is 1.87. The second-order valence-corrected chi connectivity index (χ2v) is 34.7. The molecular weight excluding hydrogens is 1150 g/mol. The maximum Gasteiger partial charge on any atom is 0.121 e. The molecule has 0 aliphatic rings. The van der Waals surface area contributed by atoms with Gasteiger partial charge in [0.1, 0.15) is 5.58 Å². The van der Waals surface area contributed by atoms with Gasteiger partial charge >= 0.3 is 0 Å². The van der Waals surface area contributed by atoms with Gasteiger partial charge in [0, 0.05) is 42.8 Å². The van der Waals surface area contributed by atoms with Crippen LogP contribution in [-0.4, -0.2) is 30.7 Å². The van der Waals surface area contributed by atoms with Crippen molar-refractivity contribution < 1.29 is 24.5 Å². The zero-order valence-electron chi connectivity index (χ0n) is 46.9. The quantitative estimate of drug-likeness (QED) is 0.0865. The van der Waals surface area contributed by atoms with E-state index >= 15 is 0 Å². The molecule has 0 amide bonds. The summed E-state index contributed by atoms with van der Waals surface area (Å²) in [5.74, 6) is 1.32. The van der Waals surface area contributed by atoms with Crippen LogP contribution in [-0.2, 0) is 25.5 Å². The van der Waals surface area contributed by atoms with Gasteiger partial charge in [-0.05, 0) is 114 Å². The summed E-state index contributed by atoms with van der Waals surface area (Å²) in [6.45, 7) is 30.8. The molecule has 77 heavy (non-hydrogen) atoms. The molecular formula is C70H69IrN3OSi2-2. The van der Waals surface area contributed by atoms with Gasteiger partial charge in [-0.2, -0.15) is 0 Å². The minimum atomic E-state index is -1.60. The molecule has 7 heteroatoms. The first kappa shape index (κ1) is 53.7. The number of fused-ring (bicyclic) bond motifs is 9. The minimum absolute atomic E-state index is 0. The van der Waals surface area contributed by atoms with Crippen LogP contribution < -0.4 is 10.4 Å². The van der Waals surface area contributed by atoms with Crippen LogP contribution in [0, 0.1) is 12.1 Å². The van der Waals surface area contributed by atoms with Crippen molar-refractivity contribution in [2.75, 3.05) is 0 Å². The van der Waals surface area contributed by atoms with E-state index in [2.05, 4.69) is 249 Å². The first-order valence-corrected chi connectivity index (χ1v) is 34.1. The fourth-order valence-electron chi connectivity index (χ4n) is 10.9. The van der Waals surface area contributed by atoms with Crippen LogP contribution in [0.2, 0.25) is 39.3 Å². The smallest absolute Gasteiger partial charge is 0.121 e. The van der Waals surface area contributed by atoms with Crippen molar-refractivity contribution in [1.82, 2.24) is 14.5 Å². The zero-order chi connectivity index (χ0) is 53.4. The molecule has 0 aliphatic heterocycles. The van der Waals surface area contributed by atoms with E-state index < -0.39 is 16.1 Å². The molecule has 0 saturated heterocycles. The van der Waals surface area contributed by atoms with Crippen LogP contribution >= 0.6 is 0 Å². The summed E-state index contributed by atoms with van der Waals surface area (Å²) in [5, 5.41) is 12.5. The molecule has 389 valence electrons. The Labute approximate surface area is 471 Å². The van der Waals surface area contributed by atoms with Gasteiger partial charge in [-0.1, -0.05) is 200 Å². The van der Waals surface area contributed by atoms with Gasteiger partial charge < -0.3 is 14.0 Å². The van der Waals surface area contributed by atoms with Gasteiger partial charge in [0.15, 0.2) is 0 Å². The maximum absolute atomic E-state index is 7.00. The van der Waals surface area contributed by atoms with Crippen molar-refractivity contribution in [3.05, 3.63) is 199 Å². The van der Waals surface area contributed by atoms with Gasteiger partial charge in [0.2, 0.25) is 0 Å². The van der Waals surface area contributed by atoms with Crippen LogP contribution in [0.5, 0.6) is 0 Å². The van der Waals surface area contributed by atoms with Crippen molar-refractivity contribution in [2.45, 2.75) is 105 Å². The van der Waals surface area contributed by atoms with Crippen molar-refractivity contribution >= 4 is 91.8 Å². The molecule has 0 fully saturated rings. The van der Waals surface area contributed by atoms with E-state index in [0.29, 0.717) is 0 Å². The van der Waals surface area contributed by atoms with Crippen LogP contribution in [0.15, 0.2) is 174 Å². The molecule has 0 atom stereocenters. The van der Waals surface area contributed by atoms with E-state index in [-0.39, 0.29) is 37.4 Å². The third kappa shape index (κ3) is 10.2. The largest absolute Gasteiger partial charge is 0.501 e. The number of nitrogens with zero attached hydrogens (tertiary/aromatic N) is 3. The zero-order valence-corrected chi connectivity index (χ0v) is 51.3. The molecule has 0 spiro atoms. The number of rotatable bonds is 8. The molecule has 12 rings (SSSR count). The average Bonchev–Trinajstić information content (AvgIpc) is 4.00. The predicted octanol–water partition coefficient (Wildman–Crippen LogP) is 18.7. The molecule has 9 aromatic carbocycles. The first-order chi connectivity index (χ1) is 36.2. The molecule has 12 aromatic rings. The Kier molecular flexibility index (Phi) is 14.3. The van der Waals surface area contributed by atoms with Crippen LogP contribution in [0.1, 0.15) is 77.0 Å². The molecule has 0 saturated carbocycles. The van der Waals surface area contributed by atoms with Crippen molar-refractivity contribution in [3.63, 3.8) is 0 Å². The minimum Gasteiger partial charge on any atom is -0.501 e. The van der Waals surface area contributed by atoms with Crippen molar-refractivity contribution in [2.24, 2.45) is 0 Å². The normalized spacial score (nSPS) is 12.4. The molecule has 0 aliphatic carbocycles. The third-order valence-corrected chi connectivity index (χ3v) is 19.3. The first-order valence-electron chi connectivity index (χ1n) is 27.1. The maximum atomic E-state index is 7.00. The number of aromatic nitrogens is 3. The number of imidazole rings is 1. The summed E-state index contributed by atoms with van der Waals surface area (Å²) in [4.78, 5) is 9.96. The topological polar surface area (TPSA) is 43.9 Å². The van der Waals surface area contributed by atoms with Crippen molar-refractivity contribution in [3.8, 4) is 39.5 Å². The van der Waals surface area contributed by atoms with E-state index in [1.54, 1.807) is 0 Å². The van der Waals surface area contributed by atoms with Crippen molar-refractivity contribution in [1.29, 1.82) is 0 Å². The van der Waals surface area contributed by atoms with Gasteiger partial charge in [0.05, 0.1) is 38.6 Å². The Bertz CT molecular complexity index is 4120. The van der Waals surface area contributed by atoms with E-state index in [0.717, 1.165) is 55.6 Å². The van der Waals surface area contributed by atoms with E-state index in [1.807, 2.05) is 30.5 Å². The molecule has 0 unspecified atom stereocenters. The Morgan fingerprint density at radius 2 is 1.16 bits per heavy atom. The molecule has 3 aromatic heterocycles. The summed E-state index contributed by atoms with van der Waals surface area (Å²) in [6, 6.07) is 66.5. The standard InChI is InChI=1S/C55H53N2OSi2.C15H16N.Ir/c1-33(2)46-29-39(38-26-40(59(5,6)7)31-41(27-38)60(8,9)10)30-47(34(3)4)52(46)57-53-43-19-14-12-17-36(43)24-25-50(53)56-55(57)45-21-15-20-44-49-28-37-23-22-35-16-11-13-18-42(35)48(37)32-51(49)58-54(44)45;1-15(2,3)13-9-10-16-14(11-13)12-7-5-4-6-8-12;/h11-20,22-34H,1-10H3;4-7,9-11H,1-3H3;/q2*-1;. The summed E-state index contributed by atoms with van der Waals surface area (Å²) in [5.41, 5.74) is 14.6. The SMILES string of the molecule is CC(C)(C)c1ccnc(-c2[c-]cccc2)c1.CC(C)c1cc(-c2cc([Si](C)(C)C)cc([Si](C)(C)C)c2)cc(C(C)C)c1-n1c(-c2[c-]ccc3c2oc2cc4c(ccc5ccccc54)cc23)nc2ccc3ccccc3c21.[Ir]. The predicted molar refractivity (Wildman–Crippen MR) is 332 cm³/mol. The van der Waals surface area contributed by atoms with Crippen LogP contribution in [0.3, 0.4) is 0 Å².